The maximum absolute atomic E-state index is 13.1. The van der Waals surface area contributed by atoms with Gasteiger partial charge in [-0.05, 0) is 74.5 Å². The Balaban J connectivity index is 1.43. The smallest absolute Gasteiger partial charge is 0.241 e. The van der Waals surface area contributed by atoms with Crippen molar-refractivity contribution in [2.45, 2.75) is 75.1 Å². The molecule has 5 aliphatic carbocycles. The predicted molar refractivity (Wildman–Crippen MR) is 82.8 cm³/mol. The zero-order chi connectivity index (χ0) is 16.0. The average Bonchev–Trinajstić information content (AvgIpc) is 3.14. The van der Waals surface area contributed by atoms with E-state index in [1.165, 1.54) is 6.42 Å². The van der Waals surface area contributed by atoms with Crippen molar-refractivity contribution in [3.8, 4) is 6.07 Å². The Labute approximate surface area is 136 Å². The van der Waals surface area contributed by atoms with Gasteiger partial charge in [-0.2, -0.15) is 5.26 Å². The lowest BCUT2D eigenvalue weighted by Gasteiger charge is -2.61. The van der Waals surface area contributed by atoms with Gasteiger partial charge in [0.25, 0.3) is 0 Å². The molecule has 0 aromatic carbocycles. The van der Waals surface area contributed by atoms with Crippen LogP contribution in [0.2, 0.25) is 0 Å². The summed E-state index contributed by atoms with van der Waals surface area (Å²) in [6.07, 6.45) is 7.48. The van der Waals surface area contributed by atoms with E-state index < -0.39 is 11.6 Å². The van der Waals surface area contributed by atoms with Crippen LogP contribution in [-0.2, 0) is 4.79 Å². The number of amides is 1. The molecule has 3 N–H and O–H groups in total. The first-order chi connectivity index (χ1) is 10.9. The number of hydrogen-bond donors (Lipinski definition) is 2. The summed E-state index contributed by atoms with van der Waals surface area (Å²) in [6.45, 7) is 0. The molecule has 6 rings (SSSR count). The lowest BCUT2D eigenvalue weighted by atomic mass is 9.46. The fourth-order valence-electron chi connectivity index (χ4n) is 6.96. The third-order valence-corrected chi connectivity index (χ3v) is 7.51. The fraction of sp³-hybridized carbons (Fsp3) is 0.889. The topological polar surface area (TPSA) is 90.4 Å². The van der Waals surface area contributed by atoms with E-state index in [1.807, 2.05) is 0 Å². The molecule has 124 valence electrons. The van der Waals surface area contributed by atoms with Gasteiger partial charge in [-0.15, -0.1) is 0 Å². The van der Waals surface area contributed by atoms with Crippen molar-refractivity contribution in [1.29, 1.82) is 5.26 Å². The van der Waals surface area contributed by atoms with Crippen LogP contribution in [0.1, 0.15) is 51.4 Å². The molecular formula is C18H25N3O2. The lowest BCUT2D eigenvalue weighted by molar-refractivity contribution is -0.177. The molecule has 1 amide bonds. The van der Waals surface area contributed by atoms with Gasteiger partial charge in [0.05, 0.1) is 17.7 Å². The van der Waals surface area contributed by atoms with E-state index in [9.17, 15) is 15.2 Å². The Kier molecular flexibility index (Phi) is 2.65. The van der Waals surface area contributed by atoms with Crippen molar-refractivity contribution >= 4 is 5.91 Å². The van der Waals surface area contributed by atoms with Crippen LogP contribution in [0.15, 0.2) is 0 Å². The van der Waals surface area contributed by atoms with Gasteiger partial charge in [-0.3, -0.25) is 4.79 Å². The van der Waals surface area contributed by atoms with Crippen LogP contribution in [0, 0.1) is 34.5 Å². The molecule has 6 atom stereocenters. The number of hydrogen-bond acceptors (Lipinski definition) is 4. The van der Waals surface area contributed by atoms with E-state index in [2.05, 4.69) is 6.07 Å². The molecule has 1 heterocycles. The van der Waals surface area contributed by atoms with Crippen molar-refractivity contribution in [2.75, 3.05) is 0 Å². The average molecular weight is 315 g/mol. The van der Waals surface area contributed by atoms with Crippen LogP contribution in [0.3, 0.4) is 0 Å². The highest BCUT2D eigenvalue weighted by atomic mass is 16.3. The number of nitrogens with two attached hydrogens (primary N) is 1. The molecular weight excluding hydrogens is 290 g/mol. The zero-order valence-electron chi connectivity index (χ0n) is 13.4. The number of aliphatic hydroxyl groups is 1. The molecule has 4 bridgehead atoms. The minimum Gasteiger partial charge on any atom is -0.390 e. The SMILES string of the molecule is N#C[C@@H]1C[C@@H]2C[C@H]2N1C(=O)[C@@H](N)C12CC3CC(CC(O)(C3)C1)C2. The Hall–Kier alpha value is -1.12. The molecule has 0 radical (unpaired) electrons. The van der Waals surface area contributed by atoms with Crippen molar-refractivity contribution in [2.24, 2.45) is 28.9 Å². The standard InChI is InChI=1S/C18H25N3O2/c19-8-13-2-12-3-14(12)21(13)16(22)15(20)17-4-10-1-11(5-17)7-18(23,6-10)9-17/h10-15,23H,1-7,9,20H2/t10?,11?,12-,13+,14-,15-,17?,18?/m1/s1. The van der Waals surface area contributed by atoms with Crippen LogP contribution >= 0.6 is 0 Å². The van der Waals surface area contributed by atoms with Crippen LogP contribution < -0.4 is 5.73 Å². The molecule has 5 nitrogen and oxygen atoms in total. The van der Waals surface area contributed by atoms with E-state index in [4.69, 9.17) is 5.73 Å². The monoisotopic (exact) mass is 315 g/mol. The molecule has 2 unspecified atom stereocenters. The largest absolute Gasteiger partial charge is 0.390 e. The summed E-state index contributed by atoms with van der Waals surface area (Å²) in [5, 5.41) is 20.2. The number of nitrogens with zero attached hydrogens (tertiary/aromatic N) is 2. The fourth-order valence-corrected chi connectivity index (χ4v) is 6.96. The molecule has 1 saturated heterocycles. The van der Waals surface area contributed by atoms with Gasteiger partial charge in [0, 0.05) is 6.04 Å². The van der Waals surface area contributed by atoms with E-state index in [0.29, 0.717) is 24.2 Å². The van der Waals surface area contributed by atoms with Gasteiger partial charge in [-0.1, -0.05) is 0 Å². The molecule has 5 heteroatoms. The van der Waals surface area contributed by atoms with Crippen molar-refractivity contribution in [1.82, 2.24) is 4.90 Å². The molecule has 0 spiro atoms. The zero-order valence-corrected chi connectivity index (χ0v) is 13.4. The van der Waals surface area contributed by atoms with Gasteiger partial charge in [0.1, 0.15) is 6.04 Å². The molecule has 6 aliphatic rings. The number of fused-ring (bicyclic) bond motifs is 1. The minimum absolute atomic E-state index is 0.0212. The number of nitriles is 1. The predicted octanol–water partition coefficient (Wildman–Crippen LogP) is 1.16. The summed E-state index contributed by atoms with van der Waals surface area (Å²) in [6, 6.07) is 1.72. The van der Waals surface area contributed by atoms with Gasteiger partial charge in [0.2, 0.25) is 5.91 Å². The maximum Gasteiger partial charge on any atom is 0.241 e. The van der Waals surface area contributed by atoms with E-state index in [-0.39, 0.29) is 23.4 Å². The van der Waals surface area contributed by atoms with E-state index in [1.54, 1.807) is 4.90 Å². The summed E-state index contributed by atoms with van der Waals surface area (Å²) in [5.41, 5.74) is 5.71. The van der Waals surface area contributed by atoms with Crippen LogP contribution in [0.4, 0.5) is 0 Å². The summed E-state index contributed by atoms with van der Waals surface area (Å²) in [7, 11) is 0. The number of rotatable bonds is 2. The van der Waals surface area contributed by atoms with Crippen molar-refractivity contribution in [3.05, 3.63) is 0 Å². The Bertz CT molecular complexity index is 598. The van der Waals surface area contributed by atoms with Crippen molar-refractivity contribution in [3.63, 3.8) is 0 Å². The number of piperidine rings is 1. The lowest BCUT2D eigenvalue weighted by Crippen LogP contribution is -2.64. The highest BCUT2D eigenvalue weighted by Crippen LogP contribution is 2.63. The Morgan fingerprint density at radius 2 is 1.91 bits per heavy atom. The van der Waals surface area contributed by atoms with Gasteiger partial charge >= 0.3 is 0 Å². The van der Waals surface area contributed by atoms with E-state index in [0.717, 1.165) is 38.5 Å². The van der Waals surface area contributed by atoms with Crippen molar-refractivity contribution < 1.29 is 9.90 Å². The number of likely N-dealkylation sites (tertiary alicyclic amines) is 1. The molecule has 1 aliphatic heterocycles. The van der Waals surface area contributed by atoms with Gasteiger partial charge < -0.3 is 15.7 Å². The summed E-state index contributed by atoms with van der Waals surface area (Å²) < 4.78 is 0. The Morgan fingerprint density at radius 3 is 2.52 bits per heavy atom. The maximum atomic E-state index is 13.1. The normalized spacial score (nSPS) is 53.8. The summed E-state index contributed by atoms with van der Waals surface area (Å²) in [4.78, 5) is 14.9. The van der Waals surface area contributed by atoms with Crippen LogP contribution in [0.25, 0.3) is 0 Å². The van der Waals surface area contributed by atoms with E-state index >= 15 is 0 Å². The molecule has 0 aromatic rings. The summed E-state index contributed by atoms with van der Waals surface area (Å²) in [5.74, 6) is 1.56. The second kappa shape index (κ2) is 4.29. The second-order valence-corrected chi connectivity index (χ2v) is 9.21. The first-order valence-electron chi connectivity index (χ1n) is 9.13. The third kappa shape index (κ3) is 1.88. The molecule has 5 saturated carbocycles. The first-order valence-corrected chi connectivity index (χ1v) is 9.13. The first kappa shape index (κ1) is 14.2. The van der Waals surface area contributed by atoms with Crippen LogP contribution in [-0.4, -0.2) is 39.6 Å². The highest BCUT2D eigenvalue weighted by molar-refractivity contribution is 5.84. The molecule has 0 aromatic heterocycles. The quantitative estimate of drug-likeness (QED) is 0.800. The third-order valence-electron chi connectivity index (χ3n) is 7.51. The molecule has 23 heavy (non-hydrogen) atoms. The van der Waals surface area contributed by atoms with Gasteiger partial charge in [0.15, 0.2) is 0 Å². The molecule has 6 fully saturated rings. The number of carbonyl (C=O) groups excluding carboxylic acids is 1. The van der Waals surface area contributed by atoms with Crippen LogP contribution in [0.5, 0.6) is 0 Å². The second-order valence-electron chi connectivity index (χ2n) is 9.21. The Morgan fingerprint density at radius 1 is 1.22 bits per heavy atom. The minimum atomic E-state index is -0.594. The highest BCUT2D eigenvalue weighted by Gasteiger charge is 2.62. The number of carbonyl (C=O) groups is 1. The summed E-state index contributed by atoms with van der Waals surface area (Å²) >= 11 is 0. The van der Waals surface area contributed by atoms with Gasteiger partial charge in [-0.25, -0.2) is 0 Å².